The molecule has 26 heavy (non-hydrogen) atoms. The van der Waals surface area contributed by atoms with Crippen LogP contribution >= 0.6 is 0 Å². The number of carbonyl (C=O) groups excluding carboxylic acids is 1. The molecule has 0 aromatic heterocycles. The summed E-state index contributed by atoms with van der Waals surface area (Å²) in [7, 11) is 0. The van der Waals surface area contributed by atoms with Crippen LogP contribution in [0.3, 0.4) is 0 Å². The smallest absolute Gasteiger partial charge is 0.460 e. The molecule has 148 valence electrons. The van der Waals surface area contributed by atoms with Crippen molar-refractivity contribution in [3.63, 3.8) is 0 Å². The second kappa shape index (κ2) is 6.46. The number of carbonyl (C=O) groups is 1. The van der Waals surface area contributed by atoms with Crippen molar-refractivity contribution in [2.45, 2.75) is 24.2 Å². The summed E-state index contributed by atoms with van der Waals surface area (Å²) in [4.78, 5) is 11.1. The monoisotopic (exact) mass is 403 g/mol. The zero-order chi connectivity index (χ0) is 20.7. The number of nitrogens with zero attached hydrogens (tertiary/aromatic N) is 1. The molecule has 1 amide bonds. The van der Waals surface area contributed by atoms with Gasteiger partial charge in [0.15, 0.2) is 0 Å². The average Bonchev–Trinajstić information content (AvgIpc) is 2.44. The van der Waals surface area contributed by atoms with Crippen molar-refractivity contribution in [2.24, 2.45) is 0 Å². The molecule has 1 aromatic rings. The molecule has 5 nitrogen and oxygen atoms in total. The highest BCUT2D eigenvalue weighted by Gasteiger charge is 2.76. The molecule has 0 spiro atoms. The van der Waals surface area contributed by atoms with Crippen LogP contribution in [0.4, 0.5) is 55.3 Å². The molecule has 0 aliphatic heterocycles. The molecule has 0 radical (unpaired) electrons. The highest BCUT2D eigenvalue weighted by Crippen LogP contribution is 2.47. The van der Waals surface area contributed by atoms with Crippen molar-refractivity contribution in [2.75, 3.05) is 10.5 Å². The van der Waals surface area contributed by atoms with Crippen LogP contribution in [-0.2, 0) is 11.0 Å². The highest BCUT2D eigenvalue weighted by atomic mass is 19.4. The Morgan fingerprint density at radius 3 is 1.88 bits per heavy atom. The second-order valence-corrected chi connectivity index (χ2v) is 4.60. The van der Waals surface area contributed by atoms with E-state index in [0.29, 0.717) is 11.4 Å². The predicted octanol–water partition coefficient (Wildman–Crippen LogP) is 4.17. The number of halogens is 10. The number of anilines is 2. The third kappa shape index (κ3) is 3.92. The Morgan fingerprint density at radius 1 is 1.00 bits per heavy atom. The lowest BCUT2D eigenvalue weighted by molar-refractivity contribution is -0.343. The third-order valence-electron chi connectivity index (χ3n) is 2.81. The van der Waals surface area contributed by atoms with Gasteiger partial charge in [-0.05, 0) is 18.2 Å². The molecule has 0 unspecified atom stereocenters. The fourth-order valence-corrected chi connectivity index (χ4v) is 1.52. The SMILES string of the molecule is O=C(Nc1ccc(N([O-])O)cc1C(F)(F)F)C(F)(F)C(F)(F)C(F)(F)F. The Balaban J connectivity index is 3.33. The van der Waals surface area contributed by atoms with E-state index in [1.807, 2.05) is 0 Å². The molecule has 15 heteroatoms. The summed E-state index contributed by atoms with van der Waals surface area (Å²) in [5, 5.41) is 18.6. The standard InChI is InChI=1S/C11H5F10N2O3/c12-8(13,10(17,18)11(19,20)21)7(24)22-6-2-1-4(23(25)26)3-5(6)9(14,15)16/h1-3,25H,(H,22,24)/q-1. The molecule has 0 aliphatic carbocycles. The van der Waals surface area contributed by atoms with Crippen LogP contribution in [0.1, 0.15) is 5.56 Å². The molecule has 1 aromatic carbocycles. The Bertz CT molecular complexity index is 684. The zero-order valence-electron chi connectivity index (χ0n) is 11.7. The van der Waals surface area contributed by atoms with E-state index in [9.17, 15) is 53.9 Å². The summed E-state index contributed by atoms with van der Waals surface area (Å²) in [6.45, 7) is 0. The summed E-state index contributed by atoms with van der Waals surface area (Å²) in [5.74, 6) is -16.7. The number of nitrogens with one attached hydrogen (secondary N) is 1. The summed E-state index contributed by atoms with van der Waals surface area (Å²) in [6, 6.07) is 0.277. The van der Waals surface area contributed by atoms with Crippen molar-refractivity contribution in [3.8, 4) is 0 Å². The van der Waals surface area contributed by atoms with E-state index < -0.39 is 52.3 Å². The normalized spacial score (nSPS) is 13.5. The number of hydrogen-bond acceptors (Lipinski definition) is 4. The van der Waals surface area contributed by atoms with Crippen LogP contribution < -0.4 is 10.5 Å². The first-order valence-corrected chi connectivity index (χ1v) is 5.94. The van der Waals surface area contributed by atoms with Gasteiger partial charge in [-0.1, -0.05) is 0 Å². The Hall–Kier alpha value is -2.29. The van der Waals surface area contributed by atoms with Gasteiger partial charge >= 0.3 is 30.1 Å². The van der Waals surface area contributed by atoms with E-state index in [0.717, 1.165) is 0 Å². The zero-order valence-corrected chi connectivity index (χ0v) is 11.7. The van der Waals surface area contributed by atoms with Crippen LogP contribution in [0.25, 0.3) is 0 Å². The molecular formula is C11H5F10N2O3-. The Labute approximate surface area is 136 Å². The fourth-order valence-electron chi connectivity index (χ4n) is 1.52. The van der Waals surface area contributed by atoms with Crippen molar-refractivity contribution in [1.29, 1.82) is 0 Å². The van der Waals surface area contributed by atoms with Gasteiger partial charge < -0.3 is 15.8 Å². The van der Waals surface area contributed by atoms with Gasteiger partial charge in [0, 0.05) is 0 Å². The molecule has 0 aliphatic rings. The molecule has 0 saturated heterocycles. The van der Waals surface area contributed by atoms with Gasteiger partial charge in [0.2, 0.25) is 0 Å². The lowest BCUT2D eigenvalue weighted by Crippen LogP contribution is -2.57. The lowest BCUT2D eigenvalue weighted by atomic mass is 10.1. The van der Waals surface area contributed by atoms with Crippen LogP contribution in [0.2, 0.25) is 0 Å². The van der Waals surface area contributed by atoms with Crippen LogP contribution in [-0.4, -0.2) is 29.1 Å². The quantitative estimate of drug-likeness (QED) is 0.585. The molecular weight excluding hydrogens is 398 g/mol. The Kier molecular flexibility index (Phi) is 5.40. The van der Waals surface area contributed by atoms with Crippen molar-refractivity contribution >= 4 is 17.3 Å². The Morgan fingerprint density at radius 2 is 1.50 bits per heavy atom. The van der Waals surface area contributed by atoms with E-state index in [1.54, 1.807) is 0 Å². The first-order valence-electron chi connectivity index (χ1n) is 5.94. The van der Waals surface area contributed by atoms with Gasteiger partial charge in [-0.15, -0.1) is 0 Å². The molecule has 0 heterocycles. The number of amides is 1. The lowest BCUT2D eigenvalue weighted by Gasteiger charge is -2.28. The molecule has 2 N–H and O–H groups in total. The highest BCUT2D eigenvalue weighted by molar-refractivity contribution is 5.97. The van der Waals surface area contributed by atoms with E-state index in [4.69, 9.17) is 5.21 Å². The topological polar surface area (TPSA) is 75.6 Å². The predicted molar refractivity (Wildman–Crippen MR) is 63.7 cm³/mol. The van der Waals surface area contributed by atoms with Crippen LogP contribution in [0, 0.1) is 5.21 Å². The van der Waals surface area contributed by atoms with Gasteiger partial charge in [-0.2, -0.15) is 43.9 Å². The molecule has 0 atom stereocenters. The summed E-state index contributed by atoms with van der Waals surface area (Å²) < 4.78 is 126. The molecule has 1 rings (SSSR count). The van der Waals surface area contributed by atoms with Gasteiger partial charge in [0.1, 0.15) is 0 Å². The maximum Gasteiger partial charge on any atom is 0.460 e. The van der Waals surface area contributed by atoms with Crippen molar-refractivity contribution in [3.05, 3.63) is 29.0 Å². The van der Waals surface area contributed by atoms with Crippen LogP contribution in [0.15, 0.2) is 18.2 Å². The minimum absolute atomic E-state index is 0.0962. The number of rotatable bonds is 4. The summed E-state index contributed by atoms with van der Waals surface area (Å²) >= 11 is 0. The largest absolute Gasteiger partial charge is 0.733 e. The average molecular weight is 403 g/mol. The van der Waals surface area contributed by atoms with Gasteiger partial charge in [-0.3, -0.25) is 10.0 Å². The number of hydrogen-bond donors (Lipinski definition) is 2. The van der Waals surface area contributed by atoms with E-state index in [2.05, 4.69) is 0 Å². The summed E-state index contributed by atoms with van der Waals surface area (Å²) in [6.07, 6.45) is -12.3. The second-order valence-electron chi connectivity index (χ2n) is 4.60. The summed E-state index contributed by atoms with van der Waals surface area (Å²) in [5.41, 5.74) is -4.81. The van der Waals surface area contributed by atoms with E-state index in [1.165, 1.54) is 0 Å². The van der Waals surface area contributed by atoms with E-state index >= 15 is 0 Å². The van der Waals surface area contributed by atoms with E-state index in [-0.39, 0.29) is 12.1 Å². The van der Waals surface area contributed by atoms with Gasteiger partial charge in [-0.25, -0.2) is 0 Å². The first kappa shape index (κ1) is 21.8. The van der Waals surface area contributed by atoms with Crippen molar-refractivity contribution < 1.29 is 53.9 Å². The number of alkyl halides is 10. The third-order valence-corrected chi connectivity index (χ3v) is 2.81. The first-order chi connectivity index (χ1) is 11.4. The molecule has 0 saturated carbocycles. The molecule has 0 bridgehead atoms. The fraction of sp³-hybridized carbons (Fsp3) is 0.364. The minimum Gasteiger partial charge on any atom is -0.733 e. The minimum atomic E-state index is -6.88. The maximum absolute atomic E-state index is 13.2. The van der Waals surface area contributed by atoms with Gasteiger partial charge in [0.05, 0.1) is 16.9 Å². The maximum atomic E-state index is 13.2. The molecule has 0 fully saturated rings. The van der Waals surface area contributed by atoms with Gasteiger partial charge in [0.25, 0.3) is 0 Å². The van der Waals surface area contributed by atoms with Crippen molar-refractivity contribution in [1.82, 2.24) is 0 Å². The number of benzene rings is 1. The van der Waals surface area contributed by atoms with Crippen LogP contribution in [0.5, 0.6) is 0 Å².